The maximum Gasteiger partial charge on any atom is 0.331 e. The predicted molar refractivity (Wildman–Crippen MR) is 144 cm³/mol. The SMILES string of the molecule is CCCCOCCOc1ccc(-c2ccc3c(c2)/C=C(/C(=O)O)CCCN3CC2CCOCC2)cc1. The van der Waals surface area contributed by atoms with Gasteiger partial charge in [0.2, 0.25) is 0 Å². The van der Waals surface area contributed by atoms with Gasteiger partial charge in [0.1, 0.15) is 12.4 Å². The number of rotatable bonds is 11. The molecule has 0 aliphatic carbocycles. The van der Waals surface area contributed by atoms with Crippen molar-refractivity contribution in [1.82, 2.24) is 0 Å². The summed E-state index contributed by atoms with van der Waals surface area (Å²) in [5, 5.41) is 9.74. The van der Waals surface area contributed by atoms with Crippen molar-refractivity contribution in [3.05, 3.63) is 53.6 Å². The number of hydrogen-bond acceptors (Lipinski definition) is 5. The standard InChI is InChI=1S/C30H39NO5/c1-2-3-15-34-18-19-36-28-9-6-24(7-10-28)25-8-11-29-27(20-25)21-26(30(32)33)5-4-14-31(29)22-23-12-16-35-17-13-23/h6-11,20-21,23H,2-5,12-19,22H2,1H3,(H,32,33)/b26-21+. The van der Waals surface area contributed by atoms with Crippen LogP contribution in [0.1, 0.15) is 51.0 Å². The average Bonchev–Trinajstić information content (AvgIpc) is 2.89. The van der Waals surface area contributed by atoms with Crippen LogP contribution in [0.3, 0.4) is 0 Å². The number of fused-ring (bicyclic) bond motifs is 1. The highest BCUT2D eigenvalue weighted by atomic mass is 16.5. The van der Waals surface area contributed by atoms with Crippen molar-refractivity contribution in [3.8, 4) is 16.9 Å². The summed E-state index contributed by atoms with van der Waals surface area (Å²) in [6.07, 6.45) is 7.66. The molecule has 2 aliphatic heterocycles. The predicted octanol–water partition coefficient (Wildman–Crippen LogP) is 6.04. The zero-order chi connectivity index (χ0) is 25.2. The van der Waals surface area contributed by atoms with E-state index in [9.17, 15) is 9.90 Å². The van der Waals surface area contributed by atoms with E-state index in [0.29, 0.717) is 31.1 Å². The molecule has 1 fully saturated rings. The third-order valence-electron chi connectivity index (χ3n) is 6.99. The first kappa shape index (κ1) is 26.2. The van der Waals surface area contributed by atoms with E-state index in [1.807, 2.05) is 18.2 Å². The summed E-state index contributed by atoms with van der Waals surface area (Å²) in [5.41, 5.74) is 4.71. The lowest BCUT2D eigenvalue weighted by molar-refractivity contribution is -0.132. The monoisotopic (exact) mass is 493 g/mol. The number of carboxylic acid groups (broad SMARTS) is 1. The Morgan fingerprint density at radius 2 is 1.83 bits per heavy atom. The largest absolute Gasteiger partial charge is 0.491 e. The first-order valence-corrected chi connectivity index (χ1v) is 13.4. The van der Waals surface area contributed by atoms with Gasteiger partial charge in [-0.2, -0.15) is 0 Å². The van der Waals surface area contributed by atoms with Crippen LogP contribution in [-0.4, -0.2) is 57.2 Å². The van der Waals surface area contributed by atoms with Crippen LogP contribution in [0.4, 0.5) is 5.69 Å². The van der Waals surface area contributed by atoms with Gasteiger partial charge in [-0.25, -0.2) is 4.79 Å². The average molecular weight is 494 g/mol. The second-order valence-corrected chi connectivity index (χ2v) is 9.69. The minimum atomic E-state index is -0.829. The molecule has 6 nitrogen and oxygen atoms in total. The van der Waals surface area contributed by atoms with E-state index >= 15 is 0 Å². The van der Waals surface area contributed by atoms with Gasteiger partial charge in [0, 0.05) is 44.2 Å². The van der Waals surface area contributed by atoms with Gasteiger partial charge in [0.25, 0.3) is 0 Å². The molecule has 0 saturated carbocycles. The van der Waals surface area contributed by atoms with Crippen molar-refractivity contribution in [2.75, 3.05) is 51.0 Å². The highest BCUT2D eigenvalue weighted by molar-refractivity contribution is 5.94. The van der Waals surface area contributed by atoms with Crippen molar-refractivity contribution in [2.45, 2.75) is 45.4 Å². The Balaban J connectivity index is 1.50. The number of ether oxygens (including phenoxy) is 3. The van der Waals surface area contributed by atoms with Crippen LogP contribution in [0.25, 0.3) is 17.2 Å². The summed E-state index contributed by atoms with van der Waals surface area (Å²) < 4.78 is 16.9. The molecule has 0 atom stereocenters. The number of nitrogens with zero attached hydrogens (tertiary/aromatic N) is 1. The van der Waals surface area contributed by atoms with Gasteiger partial charge >= 0.3 is 5.97 Å². The molecule has 2 aliphatic rings. The van der Waals surface area contributed by atoms with Crippen molar-refractivity contribution in [1.29, 1.82) is 0 Å². The summed E-state index contributed by atoms with van der Waals surface area (Å²) in [4.78, 5) is 14.3. The Labute approximate surface area is 214 Å². The van der Waals surface area contributed by atoms with Crippen molar-refractivity contribution < 1.29 is 24.1 Å². The lowest BCUT2D eigenvalue weighted by atomic mass is 9.94. The molecule has 0 amide bonds. The van der Waals surface area contributed by atoms with Crippen LogP contribution in [0.15, 0.2) is 48.0 Å². The zero-order valence-electron chi connectivity index (χ0n) is 21.4. The van der Waals surface area contributed by atoms with Gasteiger partial charge < -0.3 is 24.2 Å². The second kappa shape index (κ2) is 13.5. The molecule has 0 radical (unpaired) electrons. The Hall–Kier alpha value is -2.83. The quantitative estimate of drug-likeness (QED) is 0.385. The van der Waals surface area contributed by atoms with Gasteiger partial charge in [-0.15, -0.1) is 0 Å². The van der Waals surface area contributed by atoms with E-state index < -0.39 is 5.97 Å². The number of unbranched alkanes of at least 4 members (excludes halogenated alkanes) is 1. The van der Waals surface area contributed by atoms with Crippen LogP contribution >= 0.6 is 0 Å². The molecule has 2 aromatic carbocycles. The highest BCUT2D eigenvalue weighted by Gasteiger charge is 2.22. The lowest BCUT2D eigenvalue weighted by Crippen LogP contribution is -2.34. The van der Waals surface area contributed by atoms with Gasteiger partial charge in [-0.05, 0) is 85.1 Å². The highest BCUT2D eigenvalue weighted by Crippen LogP contribution is 2.33. The minimum absolute atomic E-state index is 0.476. The molecule has 1 saturated heterocycles. The fourth-order valence-corrected chi connectivity index (χ4v) is 4.89. The fraction of sp³-hybridized carbons (Fsp3) is 0.500. The molecule has 1 N–H and O–H groups in total. The van der Waals surface area contributed by atoms with E-state index in [0.717, 1.165) is 93.1 Å². The molecule has 4 rings (SSSR count). The fourth-order valence-electron chi connectivity index (χ4n) is 4.89. The van der Waals surface area contributed by atoms with Crippen LogP contribution in [-0.2, 0) is 14.3 Å². The maximum absolute atomic E-state index is 11.9. The van der Waals surface area contributed by atoms with Crippen LogP contribution < -0.4 is 9.64 Å². The third kappa shape index (κ3) is 7.34. The Morgan fingerprint density at radius 3 is 2.58 bits per heavy atom. The van der Waals surface area contributed by atoms with Crippen LogP contribution in [0.2, 0.25) is 0 Å². The van der Waals surface area contributed by atoms with Gasteiger partial charge in [-0.3, -0.25) is 0 Å². The topological polar surface area (TPSA) is 68.2 Å². The summed E-state index contributed by atoms with van der Waals surface area (Å²) in [5.74, 6) is 0.599. The number of anilines is 1. The zero-order valence-corrected chi connectivity index (χ0v) is 21.4. The molecule has 36 heavy (non-hydrogen) atoms. The lowest BCUT2D eigenvalue weighted by Gasteiger charge is -2.33. The Morgan fingerprint density at radius 1 is 1.06 bits per heavy atom. The molecule has 0 bridgehead atoms. The molecular formula is C30H39NO5. The summed E-state index contributed by atoms with van der Waals surface area (Å²) in [6, 6.07) is 14.5. The van der Waals surface area contributed by atoms with Gasteiger partial charge in [0.05, 0.1) is 6.61 Å². The summed E-state index contributed by atoms with van der Waals surface area (Å²) in [6.45, 7) is 7.57. The normalized spacial score (nSPS) is 18.0. The first-order valence-electron chi connectivity index (χ1n) is 13.4. The number of carboxylic acids is 1. The first-order chi connectivity index (χ1) is 17.6. The number of carbonyl (C=O) groups is 1. The minimum Gasteiger partial charge on any atom is -0.491 e. The van der Waals surface area contributed by atoms with Crippen LogP contribution in [0.5, 0.6) is 5.75 Å². The molecular weight excluding hydrogens is 454 g/mol. The number of aliphatic carboxylic acids is 1. The van der Waals surface area contributed by atoms with E-state index in [1.54, 1.807) is 0 Å². The molecule has 2 heterocycles. The van der Waals surface area contributed by atoms with Crippen LogP contribution in [0, 0.1) is 5.92 Å². The maximum atomic E-state index is 11.9. The molecule has 2 aromatic rings. The molecule has 0 unspecified atom stereocenters. The number of benzene rings is 2. The molecule has 6 heteroatoms. The van der Waals surface area contributed by atoms with Crippen molar-refractivity contribution in [2.24, 2.45) is 5.92 Å². The number of hydrogen-bond donors (Lipinski definition) is 1. The second-order valence-electron chi connectivity index (χ2n) is 9.69. The molecule has 0 spiro atoms. The van der Waals surface area contributed by atoms with E-state index in [-0.39, 0.29) is 0 Å². The molecule has 0 aromatic heterocycles. The van der Waals surface area contributed by atoms with E-state index in [4.69, 9.17) is 14.2 Å². The summed E-state index contributed by atoms with van der Waals surface area (Å²) >= 11 is 0. The Kier molecular flexibility index (Phi) is 9.82. The van der Waals surface area contributed by atoms with E-state index in [2.05, 4.69) is 42.2 Å². The summed E-state index contributed by atoms with van der Waals surface area (Å²) in [7, 11) is 0. The smallest absolute Gasteiger partial charge is 0.331 e. The molecule has 194 valence electrons. The van der Waals surface area contributed by atoms with Gasteiger partial charge in [0.15, 0.2) is 0 Å². The van der Waals surface area contributed by atoms with Crippen molar-refractivity contribution in [3.63, 3.8) is 0 Å². The van der Waals surface area contributed by atoms with E-state index in [1.165, 1.54) is 0 Å². The van der Waals surface area contributed by atoms with Gasteiger partial charge in [-0.1, -0.05) is 31.5 Å². The third-order valence-corrected chi connectivity index (χ3v) is 6.99. The van der Waals surface area contributed by atoms with Crippen molar-refractivity contribution >= 4 is 17.7 Å². The Bertz CT molecular complexity index is 1010.